The fraction of sp³-hybridized carbons (Fsp3) is 0.647. The van der Waals surface area contributed by atoms with Crippen molar-refractivity contribution in [2.45, 2.75) is 44.6 Å². The van der Waals surface area contributed by atoms with Crippen LogP contribution < -0.4 is 5.73 Å². The van der Waals surface area contributed by atoms with Gasteiger partial charge in [0.25, 0.3) is 0 Å². The van der Waals surface area contributed by atoms with Crippen LogP contribution in [0.15, 0.2) is 18.3 Å². The second-order valence-electron chi connectivity index (χ2n) is 6.47. The summed E-state index contributed by atoms with van der Waals surface area (Å²) in [4.78, 5) is 21.2. The van der Waals surface area contributed by atoms with Crippen LogP contribution in [0.4, 0.5) is 5.69 Å². The van der Waals surface area contributed by atoms with Crippen LogP contribution in [0.1, 0.15) is 37.8 Å². The van der Waals surface area contributed by atoms with Gasteiger partial charge in [-0.3, -0.25) is 9.78 Å². The average molecular weight is 375 g/mol. The van der Waals surface area contributed by atoms with Gasteiger partial charge in [0, 0.05) is 24.8 Å². The van der Waals surface area contributed by atoms with Crippen LogP contribution in [-0.2, 0) is 11.2 Å². The predicted octanol–water partition coefficient (Wildman–Crippen LogP) is 2.53. The first-order valence-electron chi connectivity index (χ1n) is 8.44. The van der Waals surface area contributed by atoms with Crippen LogP contribution in [-0.4, -0.2) is 52.9 Å². The van der Waals surface area contributed by atoms with Crippen LogP contribution in [0.25, 0.3) is 0 Å². The molecule has 0 unspecified atom stereocenters. The molecule has 2 aliphatic heterocycles. The standard InChI is InChI=1S/C17H26N4O.2ClH/c18-14-4-5-15(19-13-14)12-17(22)21-10-6-16(7-11-21)20-8-2-1-3-9-20;;/h4-5,13,16H,1-3,6-12,18H2;2*1H. The summed E-state index contributed by atoms with van der Waals surface area (Å²) >= 11 is 0. The van der Waals surface area contributed by atoms with Gasteiger partial charge >= 0.3 is 0 Å². The normalized spacial score (nSPS) is 19.2. The van der Waals surface area contributed by atoms with E-state index >= 15 is 0 Å². The molecule has 0 radical (unpaired) electrons. The highest BCUT2D eigenvalue weighted by molar-refractivity contribution is 5.85. The Hall–Kier alpha value is -1.04. The third-order valence-electron chi connectivity index (χ3n) is 4.90. The summed E-state index contributed by atoms with van der Waals surface area (Å²) in [6, 6.07) is 4.32. The van der Waals surface area contributed by atoms with Gasteiger partial charge in [-0.15, -0.1) is 24.8 Å². The predicted molar refractivity (Wildman–Crippen MR) is 102 cm³/mol. The molecule has 3 rings (SSSR count). The van der Waals surface area contributed by atoms with Crippen LogP contribution in [0.3, 0.4) is 0 Å². The molecule has 24 heavy (non-hydrogen) atoms. The molecule has 0 aliphatic carbocycles. The second-order valence-corrected chi connectivity index (χ2v) is 6.47. The number of halogens is 2. The first-order valence-corrected chi connectivity index (χ1v) is 8.44. The summed E-state index contributed by atoms with van der Waals surface area (Å²) in [5.74, 6) is 0.189. The van der Waals surface area contributed by atoms with Crippen molar-refractivity contribution in [2.75, 3.05) is 31.9 Å². The number of nitrogens with zero attached hydrogens (tertiary/aromatic N) is 3. The molecule has 1 aromatic rings. The third-order valence-corrected chi connectivity index (χ3v) is 4.90. The Morgan fingerprint density at radius 1 is 1.08 bits per heavy atom. The summed E-state index contributed by atoms with van der Waals surface area (Å²) in [6.45, 7) is 4.26. The quantitative estimate of drug-likeness (QED) is 0.882. The Kier molecular flexibility index (Phi) is 8.81. The largest absolute Gasteiger partial charge is 0.397 e. The lowest BCUT2D eigenvalue weighted by Crippen LogP contribution is -2.48. The van der Waals surface area contributed by atoms with Crippen molar-refractivity contribution >= 4 is 36.4 Å². The van der Waals surface area contributed by atoms with Gasteiger partial charge in [0.1, 0.15) is 0 Å². The number of hydrogen-bond donors (Lipinski definition) is 1. The van der Waals surface area contributed by atoms with Gasteiger partial charge in [-0.1, -0.05) is 6.42 Å². The number of anilines is 1. The van der Waals surface area contributed by atoms with Crippen LogP contribution in [0.5, 0.6) is 0 Å². The molecule has 5 nitrogen and oxygen atoms in total. The molecule has 0 saturated carbocycles. The van der Waals surface area contributed by atoms with Gasteiger partial charge in [0.15, 0.2) is 0 Å². The van der Waals surface area contributed by atoms with Gasteiger partial charge in [-0.25, -0.2) is 0 Å². The molecule has 0 bridgehead atoms. The molecule has 136 valence electrons. The van der Waals surface area contributed by atoms with Crippen molar-refractivity contribution in [3.63, 3.8) is 0 Å². The van der Waals surface area contributed by atoms with Crippen LogP contribution in [0.2, 0.25) is 0 Å². The number of carbonyl (C=O) groups is 1. The molecule has 0 aromatic carbocycles. The Balaban J connectivity index is 0.00000144. The Morgan fingerprint density at radius 3 is 2.33 bits per heavy atom. The number of carbonyl (C=O) groups excluding carboxylic acids is 1. The van der Waals surface area contributed by atoms with E-state index in [2.05, 4.69) is 9.88 Å². The first-order chi connectivity index (χ1) is 10.7. The van der Waals surface area contributed by atoms with Crippen molar-refractivity contribution in [3.8, 4) is 0 Å². The van der Waals surface area contributed by atoms with Gasteiger partial charge in [0.05, 0.1) is 18.3 Å². The van der Waals surface area contributed by atoms with Crippen molar-refractivity contribution in [3.05, 3.63) is 24.0 Å². The fourth-order valence-corrected chi connectivity index (χ4v) is 3.57. The molecule has 2 aliphatic rings. The number of aromatic nitrogens is 1. The van der Waals surface area contributed by atoms with Gasteiger partial charge < -0.3 is 15.5 Å². The van der Waals surface area contributed by atoms with E-state index < -0.39 is 0 Å². The average Bonchev–Trinajstić information content (AvgIpc) is 2.58. The van der Waals surface area contributed by atoms with E-state index in [4.69, 9.17) is 5.73 Å². The summed E-state index contributed by atoms with van der Waals surface area (Å²) in [6.07, 6.45) is 8.27. The Bertz CT molecular complexity index is 498. The number of nitrogen functional groups attached to an aromatic ring is 1. The maximum Gasteiger partial charge on any atom is 0.228 e. The van der Waals surface area contributed by atoms with E-state index in [0.717, 1.165) is 31.6 Å². The van der Waals surface area contributed by atoms with Gasteiger partial charge in [0.2, 0.25) is 5.91 Å². The highest BCUT2D eigenvalue weighted by Crippen LogP contribution is 2.21. The van der Waals surface area contributed by atoms with Crippen molar-refractivity contribution in [2.24, 2.45) is 0 Å². The molecular formula is C17H28Cl2N4O. The van der Waals surface area contributed by atoms with E-state index in [1.165, 1.54) is 32.4 Å². The lowest BCUT2D eigenvalue weighted by atomic mass is 9.99. The van der Waals surface area contributed by atoms with Crippen LogP contribution >= 0.6 is 24.8 Å². The summed E-state index contributed by atoms with van der Waals surface area (Å²) in [5.41, 5.74) is 7.06. The summed E-state index contributed by atoms with van der Waals surface area (Å²) in [5, 5.41) is 0. The van der Waals surface area contributed by atoms with Crippen molar-refractivity contribution in [1.82, 2.24) is 14.8 Å². The molecule has 1 aromatic heterocycles. The number of nitrogens with two attached hydrogens (primary N) is 1. The van der Waals surface area contributed by atoms with E-state index in [-0.39, 0.29) is 30.7 Å². The zero-order valence-electron chi connectivity index (χ0n) is 14.0. The maximum absolute atomic E-state index is 12.4. The van der Waals surface area contributed by atoms with E-state index in [0.29, 0.717) is 18.2 Å². The molecule has 2 N–H and O–H groups in total. The van der Waals surface area contributed by atoms with Gasteiger partial charge in [-0.2, -0.15) is 0 Å². The van der Waals surface area contributed by atoms with Crippen molar-refractivity contribution in [1.29, 1.82) is 0 Å². The third kappa shape index (κ3) is 5.50. The topological polar surface area (TPSA) is 62.5 Å². The number of hydrogen-bond acceptors (Lipinski definition) is 4. The summed E-state index contributed by atoms with van der Waals surface area (Å²) < 4.78 is 0. The molecule has 7 heteroatoms. The van der Waals surface area contributed by atoms with E-state index in [1.54, 1.807) is 12.3 Å². The minimum Gasteiger partial charge on any atom is -0.397 e. The Labute approximate surface area is 156 Å². The zero-order chi connectivity index (χ0) is 15.4. The molecular weight excluding hydrogens is 347 g/mol. The Morgan fingerprint density at radius 2 is 1.75 bits per heavy atom. The number of piperidine rings is 2. The molecule has 1 amide bonds. The van der Waals surface area contributed by atoms with Gasteiger partial charge in [-0.05, 0) is 50.9 Å². The lowest BCUT2D eigenvalue weighted by Gasteiger charge is -2.40. The number of likely N-dealkylation sites (tertiary alicyclic amines) is 2. The SMILES string of the molecule is Cl.Cl.Nc1ccc(CC(=O)N2CCC(N3CCCCC3)CC2)nc1. The number of amides is 1. The minimum absolute atomic E-state index is 0. The number of rotatable bonds is 3. The molecule has 0 atom stereocenters. The van der Waals surface area contributed by atoms with Crippen molar-refractivity contribution < 1.29 is 4.79 Å². The number of pyridine rings is 1. The first kappa shape index (κ1) is 21.0. The maximum atomic E-state index is 12.4. The zero-order valence-corrected chi connectivity index (χ0v) is 15.7. The van der Waals surface area contributed by atoms with E-state index in [9.17, 15) is 4.79 Å². The second kappa shape index (κ2) is 10.1. The lowest BCUT2D eigenvalue weighted by molar-refractivity contribution is -0.132. The molecule has 2 saturated heterocycles. The summed E-state index contributed by atoms with van der Waals surface area (Å²) in [7, 11) is 0. The monoisotopic (exact) mass is 374 g/mol. The minimum atomic E-state index is 0. The molecule has 0 spiro atoms. The molecule has 3 heterocycles. The molecule has 2 fully saturated rings. The highest BCUT2D eigenvalue weighted by atomic mass is 35.5. The fourth-order valence-electron chi connectivity index (χ4n) is 3.57. The van der Waals surface area contributed by atoms with E-state index in [1.807, 2.05) is 11.0 Å². The highest BCUT2D eigenvalue weighted by Gasteiger charge is 2.27. The smallest absolute Gasteiger partial charge is 0.228 e. The van der Waals surface area contributed by atoms with Crippen LogP contribution in [0, 0.1) is 0 Å².